The number of hydrogen-bond donors (Lipinski definition) is 2. The summed E-state index contributed by atoms with van der Waals surface area (Å²) in [6.07, 6.45) is 0. The summed E-state index contributed by atoms with van der Waals surface area (Å²) in [7, 11) is 0. The normalized spacial score (nSPS) is 11.4. The van der Waals surface area contributed by atoms with Gasteiger partial charge in [-0.3, -0.25) is 10.1 Å². The van der Waals surface area contributed by atoms with Crippen LogP contribution in [-0.2, 0) is 0 Å². The van der Waals surface area contributed by atoms with E-state index in [4.69, 9.17) is 11.5 Å². The molecule has 0 aliphatic heterocycles. The molecule has 0 saturated heterocycles. The molecule has 0 bridgehead atoms. The molecule has 0 amide bonds. The Bertz CT molecular complexity index is 95.2. The van der Waals surface area contributed by atoms with Crippen molar-refractivity contribution in [3.8, 4) is 0 Å². The van der Waals surface area contributed by atoms with Crippen LogP contribution in [0.1, 0.15) is 6.92 Å². The second-order valence-corrected chi connectivity index (χ2v) is 2.00. The quantitative estimate of drug-likeness (QED) is 0.274. The third-order valence-electron chi connectivity index (χ3n) is 0.470. The van der Waals surface area contributed by atoms with E-state index >= 15 is 0 Å². The van der Waals surface area contributed by atoms with Gasteiger partial charge >= 0.3 is 0 Å². The lowest BCUT2D eigenvalue weighted by Crippen LogP contribution is -2.51. The topological polar surface area (TPSA) is 95.2 Å². The van der Waals surface area contributed by atoms with Gasteiger partial charge in [0, 0.05) is 4.92 Å². The zero-order chi connectivity index (χ0) is 6.78. The number of nitro groups is 1. The van der Waals surface area contributed by atoms with Crippen molar-refractivity contribution >= 4 is 0 Å². The summed E-state index contributed by atoms with van der Waals surface area (Å²) in [6.45, 7) is 1.00. The van der Waals surface area contributed by atoms with Crippen molar-refractivity contribution in [1.29, 1.82) is 0 Å². The first-order chi connectivity index (χ1) is 3.42. The predicted octanol–water partition coefficient (Wildman–Crippen LogP) is -1.10. The van der Waals surface area contributed by atoms with E-state index in [0.29, 0.717) is 0 Å². The summed E-state index contributed by atoms with van der Waals surface area (Å²) in [5, 5.41) is 9.66. The van der Waals surface area contributed by atoms with Crippen LogP contribution in [0.25, 0.3) is 0 Å². The van der Waals surface area contributed by atoms with Gasteiger partial charge < -0.3 is 11.5 Å². The maximum absolute atomic E-state index is 9.66. The fourth-order valence-corrected chi connectivity index (χ4v) is 0.278. The molecule has 8 heavy (non-hydrogen) atoms. The highest BCUT2D eigenvalue weighted by Gasteiger charge is 2.17. The molecule has 0 atom stereocenters. The number of nitrogens with two attached hydrogens (primary N) is 2. The van der Waals surface area contributed by atoms with Gasteiger partial charge in [-0.25, -0.2) is 0 Å². The zero-order valence-electron chi connectivity index (χ0n) is 4.63. The molecule has 0 spiro atoms. The van der Waals surface area contributed by atoms with Gasteiger partial charge in [0.1, 0.15) is 5.66 Å². The lowest BCUT2D eigenvalue weighted by molar-refractivity contribution is -0.488. The molecule has 0 aromatic rings. The van der Waals surface area contributed by atoms with E-state index < -0.39 is 17.1 Å². The number of hydrogen-bond acceptors (Lipinski definition) is 4. The molecule has 48 valence electrons. The molecule has 0 heterocycles. The van der Waals surface area contributed by atoms with E-state index in [0.717, 1.165) is 0 Å². The van der Waals surface area contributed by atoms with Gasteiger partial charge in [-0.1, -0.05) is 0 Å². The molecule has 0 aromatic carbocycles. The van der Waals surface area contributed by atoms with Crippen LogP contribution >= 0.6 is 0 Å². The van der Waals surface area contributed by atoms with Crippen LogP contribution in [0.2, 0.25) is 0 Å². The molecule has 0 saturated carbocycles. The third kappa shape index (κ3) is 5.32. The minimum Gasteiger partial charge on any atom is -0.308 e. The Morgan fingerprint density at radius 2 is 2.12 bits per heavy atom. The zero-order valence-corrected chi connectivity index (χ0v) is 4.63. The second-order valence-electron chi connectivity index (χ2n) is 2.00. The SMILES string of the molecule is CC(N)(N)C[N+](=O)[O-]. The van der Waals surface area contributed by atoms with Gasteiger partial charge in [0.05, 0.1) is 0 Å². The first-order valence-corrected chi connectivity index (χ1v) is 2.11. The van der Waals surface area contributed by atoms with Gasteiger partial charge in [-0.05, 0) is 6.92 Å². The monoisotopic (exact) mass is 119 g/mol. The van der Waals surface area contributed by atoms with E-state index in [2.05, 4.69) is 0 Å². The Morgan fingerprint density at radius 1 is 1.75 bits per heavy atom. The first kappa shape index (κ1) is 7.32. The van der Waals surface area contributed by atoms with Crippen LogP contribution < -0.4 is 11.5 Å². The van der Waals surface area contributed by atoms with Crippen LogP contribution in [-0.4, -0.2) is 17.1 Å². The van der Waals surface area contributed by atoms with E-state index in [-0.39, 0.29) is 0 Å². The largest absolute Gasteiger partial charge is 0.308 e. The summed E-state index contributed by atoms with van der Waals surface area (Å²) in [4.78, 5) is 9.12. The Labute approximate surface area is 46.8 Å². The van der Waals surface area contributed by atoms with Crippen LogP contribution in [0.3, 0.4) is 0 Å². The van der Waals surface area contributed by atoms with Crippen molar-refractivity contribution in [3.05, 3.63) is 10.1 Å². The molecule has 0 rings (SSSR count). The standard InChI is InChI=1S/C3H9N3O2/c1-3(4,5)2-6(7)8/h2,4-5H2,1H3. The Hall–Kier alpha value is -0.680. The average Bonchev–Trinajstić information content (AvgIpc) is 1.21. The van der Waals surface area contributed by atoms with Gasteiger partial charge in [-0.2, -0.15) is 0 Å². The molecule has 0 fully saturated rings. The Kier molecular flexibility index (Phi) is 1.88. The van der Waals surface area contributed by atoms with Crippen molar-refractivity contribution in [2.75, 3.05) is 6.54 Å². The number of rotatable bonds is 2. The molecular formula is C3H9N3O2. The molecule has 5 heteroatoms. The second kappa shape index (κ2) is 2.06. The molecule has 0 aliphatic carbocycles. The van der Waals surface area contributed by atoms with Crippen molar-refractivity contribution in [2.24, 2.45) is 11.5 Å². The summed E-state index contributed by atoms with van der Waals surface area (Å²) in [5.74, 6) is 0. The highest BCUT2D eigenvalue weighted by Crippen LogP contribution is 1.85. The van der Waals surface area contributed by atoms with Crippen LogP contribution in [0.4, 0.5) is 0 Å². The lowest BCUT2D eigenvalue weighted by Gasteiger charge is -2.10. The highest BCUT2D eigenvalue weighted by molar-refractivity contribution is 4.66. The summed E-state index contributed by atoms with van der Waals surface area (Å²) in [5.41, 5.74) is 8.97. The molecule has 0 aliphatic rings. The van der Waals surface area contributed by atoms with E-state index in [1.807, 2.05) is 0 Å². The van der Waals surface area contributed by atoms with Gasteiger partial charge in [0.15, 0.2) is 0 Å². The summed E-state index contributed by atoms with van der Waals surface area (Å²) in [6, 6.07) is 0. The van der Waals surface area contributed by atoms with Gasteiger partial charge in [0.2, 0.25) is 6.54 Å². The van der Waals surface area contributed by atoms with Crippen molar-refractivity contribution < 1.29 is 4.92 Å². The summed E-state index contributed by atoms with van der Waals surface area (Å²) < 4.78 is 0. The maximum atomic E-state index is 9.66. The number of nitrogens with zero attached hydrogens (tertiary/aromatic N) is 1. The van der Waals surface area contributed by atoms with Gasteiger partial charge in [-0.15, -0.1) is 0 Å². The van der Waals surface area contributed by atoms with Crippen LogP contribution in [0.5, 0.6) is 0 Å². The van der Waals surface area contributed by atoms with E-state index in [1.165, 1.54) is 6.92 Å². The molecular weight excluding hydrogens is 110 g/mol. The Morgan fingerprint density at radius 3 is 2.12 bits per heavy atom. The fraction of sp³-hybridized carbons (Fsp3) is 1.00. The van der Waals surface area contributed by atoms with Gasteiger partial charge in [0.25, 0.3) is 0 Å². The van der Waals surface area contributed by atoms with E-state index in [1.54, 1.807) is 0 Å². The lowest BCUT2D eigenvalue weighted by atomic mass is 10.2. The van der Waals surface area contributed by atoms with Crippen molar-refractivity contribution in [3.63, 3.8) is 0 Å². The highest BCUT2D eigenvalue weighted by atomic mass is 16.6. The predicted molar refractivity (Wildman–Crippen MR) is 28.6 cm³/mol. The molecule has 4 N–H and O–H groups in total. The molecule has 5 nitrogen and oxygen atoms in total. The smallest absolute Gasteiger partial charge is 0.234 e. The minimum atomic E-state index is -1.18. The molecule has 0 aromatic heterocycles. The maximum Gasteiger partial charge on any atom is 0.234 e. The average molecular weight is 119 g/mol. The Balaban J connectivity index is 3.55. The first-order valence-electron chi connectivity index (χ1n) is 2.11. The summed E-state index contributed by atoms with van der Waals surface area (Å²) >= 11 is 0. The molecule has 0 radical (unpaired) electrons. The van der Waals surface area contributed by atoms with Crippen LogP contribution in [0, 0.1) is 10.1 Å². The fourth-order valence-electron chi connectivity index (χ4n) is 0.278. The van der Waals surface area contributed by atoms with Crippen molar-refractivity contribution in [2.45, 2.75) is 12.6 Å². The van der Waals surface area contributed by atoms with Crippen molar-refractivity contribution in [1.82, 2.24) is 0 Å². The van der Waals surface area contributed by atoms with E-state index in [9.17, 15) is 10.1 Å². The minimum absolute atomic E-state index is 0.396. The van der Waals surface area contributed by atoms with Crippen LogP contribution in [0.15, 0.2) is 0 Å². The third-order valence-corrected chi connectivity index (χ3v) is 0.470. The molecule has 0 unspecified atom stereocenters.